The van der Waals surface area contributed by atoms with Crippen molar-refractivity contribution in [2.45, 2.75) is 13.5 Å². The first-order valence-corrected chi connectivity index (χ1v) is 11.9. The van der Waals surface area contributed by atoms with Gasteiger partial charge in [0.25, 0.3) is 0 Å². The molecular formula is C28H26N6O. The van der Waals surface area contributed by atoms with E-state index in [1.54, 1.807) is 0 Å². The zero-order valence-corrected chi connectivity index (χ0v) is 19.6. The second-order valence-corrected chi connectivity index (χ2v) is 8.80. The lowest BCUT2D eigenvalue weighted by molar-refractivity contribution is 0.122. The average Bonchev–Trinajstić information content (AvgIpc) is 3.33. The van der Waals surface area contributed by atoms with Crippen LogP contribution in [0, 0.1) is 6.92 Å². The van der Waals surface area contributed by atoms with Crippen molar-refractivity contribution in [2.75, 3.05) is 31.2 Å². The molecule has 2 aromatic carbocycles. The molecule has 7 nitrogen and oxygen atoms in total. The van der Waals surface area contributed by atoms with Crippen LogP contribution in [0.25, 0.3) is 27.8 Å². The lowest BCUT2D eigenvalue weighted by Gasteiger charge is -2.29. The average molecular weight is 463 g/mol. The Kier molecular flexibility index (Phi) is 5.68. The maximum atomic E-state index is 5.59. The van der Waals surface area contributed by atoms with E-state index in [9.17, 15) is 0 Å². The minimum Gasteiger partial charge on any atom is -0.378 e. The summed E-state index contributed by atoms with van der Waals surface area (Å²) < 4.78 is 7.53. The molecule has 3 aromatic heterocycles. The molecule has 0 aliphatic carbocycles. The highest BCUT2D eigenvalue weighted by Gasteiger charge is 2.18. The van der Waals surface area contributed by atoms with Gasteiger partial charge < -0.3 is 9.64 Å². The predicted octanol–water partition coefficient (Wildman–Crippen LogP) is 4.71. The smallest absolute Gasteiger partial charge is 0.158 e. The van der Waals surface area contributed by atoms with Crippen molar-refractivity contribution >= 4 is 28.6 Å². The van der Waals surface area contributed by atoms with Crippen LogP contribution in [0.5, 0.6) is 0 Å². The van der Waals surface area contributed by atoms with E-state index >= 15 is 0 Å². The Morgan fingerprint density at radius 3 is 2.80 bits per heavy atom. The van der Waals surface area contributed by atoms with E-state index < -0.39 is 0 Å². The van der Waals surface area contributed by atoms with Gasteiger partial charge in [0.15, 0.2) is 5.65 Å². The summed E-state index contributed by atoms with van der Waals surface area (Å²) in [5, 5.41) is 6.05. The third kappa shape index (κ3) is 4.50. The second kappa shape index (κ2) is 9.27. The van der Waals surface area contributed by atoms with Gasteiger partial charge in [0.1, 0.15) is 5.82 Å². The van der Waals surface area contributed by atoms with Crippen LogP contribution in [0.15, 0.2) is 77.9 Å². The quantitative estimate of drug-likeness (QED) is 0.354. The van der Waals surface area contributed by atoms with Crippen LogP contribution in [0.4, 0.5) is 5.82 Å². The first-order chi connectivity index (χ1) is 17.2. The fourth-order valence-electron chi connectivity index (χ4n) is 4.48. The molecule has 0 spiro atoms. The summed E-state index contributed by atoms with van der Waals surface area (Å²) in [5.41, 5.74) is 6.95. The van der Waals surface area contributed by atoms with Crippen molar-refractivity contribution in [2.24, 2.45) is 4.99 Å². The maximum absolute atomic E-state index is 5.59. The van der Waals surface area contributed by atoms with E-state index in [-0.39, 0.29) is 0 Å². The van der Waals surface area contributed by atoms with E-state index in [1.807, 2.05) is 35.1 Å². The van der Waals surface area contributed by atoms with Crippen molar-refractivity contribution in [1.82, 2.24) is 19.6 Å². The van der Waals surface area contributed by atoms with E-state index in [4.69, 9.17) is 14.8 Å². The summed E-state index contributed by atoms with van der Waals surface area (Å²) in [7, 11) is 0. The van der Waals surface area contributed by atoms with Crippen molar-refractivity contribution in [3.05, 3.63) is 89.7 Å². The Morgan fingerprint density at radius 2 is 1.91 bits per heavy atom. The summed E-state index contributed by atoms with van der Waals surface area (Å²) in [6.45, 7) is 5.64. The number of aryl methyl sites for hydroxylation is 1. The highest BCUT2D eigenvalue weighted by atomic mass is 16.5. The van der Waals surface area contributed by atoms with Crippen LogP contribution in [0.3, 0.4) is 0 Å². The SMILES string of the molecule is Cc1cccc(C=NCc2cc(N3CCOCC3)n3nc(-c4ccc5ncccc5c4)cc3n2)c1. The Hall–Kier alpha value is -4.10. The van der Waals surface area contributed by atoms with Gasteiger partial charge in [-0.2, -0.15) is 9.61 Å². The third-order valence-corrected chi connectivity index (χ3v) is 6.23. The van der Waals surface area contributed by atoms with Gasteiger partial charge in [-0.15, -0.1) is 0 Å². The van der Waals surface area contributed by atoms with Crippen LogP contribution in [0.2, 0.25) is 0 Å². The number of aromatic nitrogens is 4. The molecule has 0 N–H and O–H groups in total. The van der Waals surface area contributed by atoms with Crippen molar-refractivity contribution in [1.29, 1.82) is 0 Å². The highest BCUT2D eigenvalue weighted by Crippen LogP contribution is 2.26. The van der Waals surface area contributed by atoms with Gasteiger partial charge in [-0.3, -0.25) is 9.98 Å². The molecule has 0 amide bonds. The topological polar surface area (TPSA) is 67.9 Å². The fraction of sp³-hybridized carbons (Fsp3) is 0.214. The van der Waals surface area contributed by atoms with Crippen molar-refractivity contribution in [3.8, 4) is 11.3 Å². The van der Waals surface area contributed by atoms with Gasteiger partial charge in [-0.1, -0.05) is 42.0 Å². The molecule has 1 aliphatic heterocycles. The number of pyridine rings is 1. The van der Waals surface area contributed by atoms with Gasteiger partial charge in [0.05, 0.1) is 36.7 Å². The number of aliphatic imine (C=N–C) groups is 1. The molecule has 0 bridgehead atoms. The summed E-state index contributed by atoms with van der Waals surface area (Å²) in [6, 6.07) is 22.7. The maximum Gasteiger partial charge on any atom is 0.158 e. The van der Waals surface area contributed by atoms with Crippen LogP contribution in [-0.4, -0.2) is 52.1 Å². The van der Waals surface area contributed by atoms with Gasteiger partial charge in [0.2, 0.25) is 0 Å². The number of hydrogen-bond acceptors (Lipinski definition) is 6. The number of hydrogen-bond donors (Lipinski definition) is 0. The summed E-state index contributed by atoms with van der Waals surface area (Å²) in [5.74, 6) is 1.02. The van der Waals surface area contributed by atoms with Crippen molar-refractivity contribution < 1.29 is 4.74 Å². The second-order valence-electron chi connectivity index (χ2n) is 8.80. The third-order valence-electron chi connectivity index (χ3n) is 6.23. The molecule has 7 heteroatoms. The predicted molar refractivity (Wildman–Crippen MR) is 139 cm³/mol. The van der Waals surface area contributed by atoms with E-state index in [1.165, 1.54) is 5.56 Å². The normalized spacial score (nSPS) is 14.4. The summed E-state index contributed by atoms with van der Waals surface area (Å²) in [4.78, 5) is 16.3. The Morgan fingerprint density at radius 1 is 1.00 bits per heavy atom. The molecule has 35 heavy (non-hydrogen) atoms. The van der Waals surface area contributed by atoms with E-state index in [2.05, 4.69) is 70.3 Å². The van der Waals surface area contributed by atoms with Gasteiger partial charge in [-0.05, 0) is 30.7 Å². The van der Waals surface area contributed by atoms with Crippen LogP contribution >= 0.6 is 0 Å². The molecule has 1 aliphatic rings. The van der Waals surface area contributed by atoms with Gasteiger partial charge in [0, 0.05) is 48.6 Å². The number of ether oxygens (including phenoxy) is 1. The number of nitrogens with zero attached hydrogens (tertiary/aromatic N) is 6. The molecule has 0 saturated carbocycles. The summed E-state index contributed by atoms with van der Waals surface area (Å²) >= 11 is 0. The van der Waals surface area contributed by atoms with E-state index in [0.717, 1.165) is 58.0 Å². The van der Waals surface area contributed by atoms with Gasteiger partial charge >= 0.3 is 0 Å². The molecule has 6 rings (SSSR count). The Balaban J connectivity index is 1.38. The largest absolute Gasteiger partial charge is 0.378 e. The zero-order chi connectivity index (χ0) is 23.6. The Bertz CT molecular complexity index is 1530. The minimum atomic E-state index is 0.504. The van der Waals surface area contributed by atoms with Gasteiger partial charge in [-0.25, -0.2) is 4.98 Å². The van der Waals surface area contributed by atoms with Crippen LogP contribution < -0.4 is 4.90 Å². The lowest BCUT2D eigenvalue weighted by Crippen LogP contribution is -2.37. The number of anilines is 1. The van der Waals surface area contributed by atoms with Crippen LogP contribution in [-0.2, 0) is 11.3 Å². The molecule has 4 heterocycles. The first-order valence-electron chi connectivity index (χ1n) is 11.9. The molecule has 0 unspecified atom stereocenters. The molecule has 0 radical (unpaired) electrons. The standard InChI is InChI=1S/C28H26N6O/c1-20-4-2-5-21(14-20)18-29-19-24-16-28(33-10-12-35-13-11-33)34-27(31-24)17-26(32-34)23-7-8-25-22(15-23)6-3-9-30-25/h2-9,14-18H,10-13,19H2,1H3. The number of benzene rings is 2. The number of fused-ring (bicyclic) bond motifs is 2. The Labute approximate surface area is 203 Å². The molecule has 1 saturated heterocycles. The van der Waals surface area contributed by atoms with Crippen molar-refractivity contribution in [3.63, 3.8) is 0 Å². The first kappa shape index (κ1) is 21.4. The lowest BCUT2D eigenvalue weighted by atomic mass is 10.1. The monoisotopic (exact) mass is 462 g/mol. The molecule has 1 fully saturated rings. The molecular weight excluding hydrogens is 436 g/mol. The fourth-order valence-corrected chi connectivity index (χ4v) is 4.48. The molecule has 0 atom stereocenters. The van der Waals surface area contributed by atoms with Crippen LogP contribution in [0.1, 0.15) is 16.8 Å². The number of rotatable bonds is 5. The number of morpholine rings is 1. The highest BCUT2D eigenvalue weighted by molar-refractivity contribution is 5.84. The minimum absolute atomic E-state index is 0.504. The summed E-state index contributed by atoms with van der Waals surface area (Å²) in [6.07, 6.45) is 3.73. The van der Waals surface area contributed by atoms with E-state index in [0.29, 0.717) is 19.8 Å². The molecule has 174 valence electrons. The molecule has 5 aromatic rings. The zero-order valence-electron chi connectivity index (χ0n) is 19.6.